The van der Waals surface area contributed by atoms with Crippen molar-refractivity contribution in [2.24, 2.45) is 0 Å². The van der Waals surface area contributed by atoms with Gasteiger partial charge in [0.2, 0.25) is 9.84 Å². The molecular formula is C12H10ClNO5S. The third-order valence-corrected chi connectivity index (χ3v) is 5.16. The second-order valence-corrected chi connectivity index (χ2v) is 6.79. The van der Waals surface area contributed by atoms with E-state index in [9.17, 15) is 13.2 Å². The van der Waals surface area contributed by atoms with Crippen molar-refractivity contribution in [1.29, 1.82) is 0 Å². The van der Waals surface area contributed by atoms with Gasteiger partial charge in [0.15, 0.2) is 10.5 Å². The zero-order chi connectivity index (χ0) is 14.9. The number of nitrogens with zero attached hydrogens (tertiary/aromatic N) is 1. The molecule has 2 rings (SSSR count). The number of carboxylic acids is 1. The van der Waals surface area contributed by atoms with Crippen LogP contribution in [0.4, 0.5) is 0 Å². The number of hydrogen-bond acceptors (Lipinski definition) is 5. The Bertz CT molecular complexity index is 753. The normalized spacial score (nSPS) is 13.1. The van der Waals surface area contributed by atoms with E-state index in [1.165, 1.54) is 24.3 Å². The molecule has 1 aromatic carbocycles. The second kappa shape index (κ2) is 5.26. The summed E-state index contributed by atoms with van der Waals surface area (Å²) in [6, 6.07) is 6.38. The van der Waals surface area contributed by atoms with Gasteiger partial charge in [-0.1, -0.05) is 22.8 Å². The van der Waals surface area contributed by atoms with Gasteiger partial charge in [0.25, 0.3) is 0 Å². The van der Waals surface area contributed by atoms with Crippen molar-refractivity contribution in [3.63, 3.8) is 0 Å². The number of rotatable bonds is 4. The van der Waals surface area contributed by atoms with E-state index in [1.54, 1.807) is 6.92 Å². The fourth-order valence-corrected chi connectivity index (χ4v) is 3.20. The van der Waals surface area contributed by atoms with Crippen molar-refractivity contribution < 1.29 is 22.8 Å². The Kier molecular flexibility index (Phi) is 3.82. The highest BCUT2D eigenvalue weighted by atomic mass is 35.5. The van der Waals surface area contributed by atoms with Crippen molar-refractivity contribution in [3.8, 4) is 0 Å². The first-order chi connectivity index (χ1) is 9.32. The average molecular weight is 316 g/mol. The Hall–Kier alpha value is -1.86. The third kappa shape index (κ3) is 2.68. The molecule has 1 aromatic heterocycles. The van der Waals surface area contributed by atoms with E-state index >= 15 is 0 Å². The summed E-state index contributed by atoms with van der Waals surface area (Å²) in [5.74, 6) is -1.23. The van der Waals surface area contributed by atoms with E-state index in [4.69, 9.17) is 21.2 Å². The summed E-state index contributed by atoms with van der Waals surface area (Å²) in [6.07, 6.45) is 0. The number of carboxylic acid groups (broad SMARTS) is 1. The van der Waals surface area contributed by atoms with Crippen molar-refractivity contribution in [2.75, 3.05) is 0 Å². The van der Waals surface area contributed by atoms with Crippen molar-refractivity contribution >= 4 is 27.4 Å². The minimum Gasteiger partial charge on any atom is -0.478 e. The Morgan fingerprint density at radius 1 is 1.40 bits per heavy atom. The topological polar surface area (TPSA) is 97.5 Å². The molecule has 106 valence electrons. The highest BCUT2D eigenvalue weighted by Gasteiger charge is 2.30. The van der Waals surface area contributed by atoms with E-state index in [0.29, 0.717) is 5.69 Å². The van der Waals surface area contributed by atoms with Gasteiger partial charge in [-0.2, -0.15) is 0 Å². The monoisotopic (exact) mass is 315 g/mol. The molecule has 8 heteroatoms. The van der Waals surface area contributed by atoms with Crippen molar-refractivity contribution in [1.82, 2.24) is 5.16 Å². The molecular weight excluding hydrogens is 306 g/mol. The fraction of sp³-hybridized carbons (Fsp3) is 0.167. The van der Waals surface area contributed by atoms with Crippen molar-refractivity contribution in [2.45, 2.75) is 16.5 Å². The maximum atomic E-state index is 12.3. The number of carbonyl (C=O) groups is 1. The lowest BCUT2D eigenvalue weighted by molar-refractivity contribution is 0.0696. The Balaban J connectivity index is 2.44. The van der Waals surface area contributed by atoms with Gasteiger partial charge in [0.05, 0.1) is 16.2 Å². The van der Waals surface area contributed by atoms with E-state index in [0.717, 1.165) is 6.07 Å². The number of hydrogen-bond donors (Lipinski definition) is 1. The summed E-state index contributed by atoms with van der Waals surface area (Å²) in [5, 5.41) is 12.5. The Morgan fingerprint density at radius 2 is 2.10 bits per heavy atom. The molecule has 1 atom stereocenters. The van der Waals surface area contributed by atoms with E-state index in [1.807, 2.05) is 0 Å². The number of alkyl halides is 1. The zero-order valence-corrected chi connectivity index (χ0v) is 11.9. The molecule has 0 aliphatic rings. The number of aromatic nitrogens is 1. The Labute approximate surface area is 119 Å². The van der Waals surface area contributed by atoms with E-state index < -0.39 is 20.5 Å². The number of aromatic carboxylic acids is 1. The first-order valence-electron chi connectivity index (χ1n) is 5.47. The molecule has 0 aliphatic heterocycles. The van der Waals surface area contributed by atoms with E-state index in [-0.39, 0.29) is 16.2 Å². The van der Waals surface area contributed by atoms with Gasteiger partial charge in [0, 0.05) is 6.07 Å². The van der Waals surface area contributed by atoms with Crippen LogP contribution < -0.4 is 0 Å². The molecule has 1 N–H and O–H groups in total. The molecule has 0 aliphatic carbocycles. The molecule has 0 saturated heterocycles. The maximum Gasteiger partial charge on any atom is 0.335 e. The summed E-state index contributed by atoms with van der Waals surface area (Å²) in [5.41, 5.74) is 0.365. The number of halogens is 1. The van der Waals surface area contributed by atoms with Crippen LogP contribution in [-0.2, 0) is 9.84 Å². The number of aryl methyl sites for hydroxylation is 1. The standard InChI is InChI=1S/C12H10ClNO5S/c1-7-5-10(19-14-7)11(13)20(17,18)9-4-2-3-8(6-9)12(15)16/h2-6,11H,1H3,(H,15,16). The van der Waals surface area contributed by atoms with Crippen LogP contribution >= 0.6 is 11.6 Å². The lowest BCUT2D eigenvalue weighted by atomic mass is 10.2. The number of sulfone groups is 1. The lowest BCUT2D eigenvalue weighted by Gasteiger charge is -2.08. The van der Waals surface area contributed by atoms with Crippen LogP contribution in [0.2, 0.25) is 0 Å². The highest BCUT2D eigenvalue weighted by Crippen LogP contribution is 2.33. The smallest absolute Gasteiger partial charge is 0.335 e. The SMILES string of the molecule is Cc1cc(C(Cl)S(=O)(=O)c2cccc(C(=O)O)c2)on1. The molecule has 0 spiro atoms. The van der Waals surface area contributed by atoms with Crippen molar-refractivity contribution in [3.05, 3.63) is 47.3 Å². The molecule has 0 amide bonds. The minimum absolute atomic E-state index is 0.00936. The molecule has 1 heterocycles. The van der Waals surface area contributed by atoms with Crippen LogP contribution in [0.1, 0.15) is 26.5 Å². The van der Waals surface area contributed by atoms with Gasteiger partial charge in [-0.05, 0) is 25.1 Å². The van der Waals surface area contributed by atoms with Crippen LogP contribution in [0.5, 0.6) is 0 Å². The number of benzene rings is 1. The quantitative estimate of drug-likeness (QED) is 0.870. The minimum atomic E-state index is -3.97. The molecule has 0 bridgehead atoms. The van der Waals surface area contributed by atoms with Gasteiger partial charge in [0.1, 0.15) is 0 Å². The van der Waals surface area contributed by atoms with Crippen LogP contribution in [0.15, 0.2) is 39.8 Å². The van der Waals surface area contributed by atoms with Gasteiger partial charge < -0.3 is 9.63 Å². The Morgan fingerprint density at radius 3 is 2.65 bits per heavy atom. The van der Waals surface area contributed by atoms with Gasteiger partial charge in [-0.3, -0.25) is 0 Å². The molecule has 1 unspecified atom stereocenters. The zero-order valence-electron chi connectivity index (χ0n) is 10.3. The summed E-state index contributed by atoms with van der Waals surface area (Å²) < 4.78 is 28.0. The first kappa shape index (κ1) is 14.5. The fourth-order valence-electron chi connectivity index (χ4n) is 1.57. The van der Waals surface area contributed by atoms with Crippen LogP contribution in [-0.4, -0.2) is 24.7 Å². The summed E-state index contributed by atoms with van der Waals surface area (Å²) >= 11 is 5.91. The predicted octanol–water partition coefficient (Wildman–Crippen LogP) is 2.39. The van der Waals surface area contributed by atoms with Crippen LogP contribution in [0, 0.1) is 6.92 Å². The predicted molar refractivity (Wildman–Crippen MR) is 70.4 cm³/mol. The van der Waals surface area contributed by atoms with Gasteiger partial charge >= 0.3 is 5.97 Å². The summed E-state index contributed by atoms with van der Waals surface area (Å²) in [4.78, 5) is 10.7. The summed E-state index contributed by atoms with van der Waals surface area (Å²) in [7, 11) is -3.97. The maximum absolute atomic E-state index is 12.3. The molecule has 20 heavy (non-hydrogen) atoms. The highest BCUT2D eigenvalue weighted by molar-refractivity contribution is 7.92. The second-order valence-electron chi connectivity index (χ2n) is 4.06. The first-order valence-corrected chi connectivity index (χ1v) is 7.45. The van der Waals surface area contributed by atoms with Gasteiger partial charge in [-0.15, -0.1) is 0 Å². The molecule has 0 fully saturated rings. The lowest BCUT2D eigenvalue weighted by Crippen LogP contribution is -2.09. The summed E-state index contributed by atoms with van der Waals surface area (Å²) in [6.45, 7) is 1.63. The van der Waals surface area contributed by atoms with Crippen LogP contribution in [0.3, 0.4) is 0 Å². The molecule has 0 saturated carbocycles. The van der Waals surface area contributed by atoms with Gasteiger partial charge in [-0.25, -0.2) is 13.2 Å². The molecule has 6 nitrogen and oxygen atoms in total. The molecule has 2 aromatic rings. The van der Waals surface area contributed by atoms with E-state index in [2.05, 4.69) is 5.16 Å². The van der Waals surface area contributed by atoms with Crippen LogP contribution in [0.25, 0.3) is 0 Å². The third-order valence-electron chi connectivity index (χ3n) is 2.55. The molecule has 0 radical (unpaired) electrons. The average Bonchev–Trinajstić information content (AvgIpc) is 2.84. The largest absolute Gasteiger partial charge is 0.478 e.